The van der Waals surface area contributed by atoms with E-state index >= 15 is 0 Å². The zero-order chi connectivity index (χ0) is 19.9. The van der Waals surface area contributed by atoms with Gasteiger partial charge in [0.15, 0.2) is 0 Å². The van der Waals surface area contributed by atoms with Crippen LogP contribution in [0.4, 0.5) is 11.5 Å². The summed E-state index contributed by atoms with van der Waals surface area (Å²) in [5, 5.41) is 6.73. The summed E-state index contributed by atoms with van der Waals surface area (Å²) in [5.41, 5.74) is 3.34. The summed E-state index contributed by atoms with van der Waals surface area (Å²) in [6, 6.07) is 16.8. The third-order valence-electron chi connectivity index (χ3n) is 4.33. The third-order valence-corrected chi connectivity index (χ3v) is 4.74. The van der Waals surface area contributed by atoms with E-state index in [1.54, 1.807) is 31.5 Å². The van der Waals surface area contributed by atoms with Crippen molar-refractivity contribution in [3.8, 4) is 5.75 Å². The van der Waals surface area contributed by atoms with Crippen molar-refractivity contribution in [1.29, 1.82) is 0 Å². The standard InChI is InChI=1S/C22H22ClN3O2/c1-15-3-6-18(14-20(15)23)26-22(27)17-10-12-25-21(13-17)24-11-9-16-4-7-19(28-2)8-5-16/h3-8,10,12-14H,9,11H2,1-2H3,(H,24,25)(H,26,27). The second-order valence-corrected chi connectivity index (χ2v) is 6.78. The molecule has 28 heavy (non-hydrogen) atoms. The minimum absolute atomic E-state index is 0.208. The van der Waals surface area contributed by atoms with Gasteiger partial charge in [0.2, 0.25) is 0 Å². The number of rotatable bonds is 7. The molecule has 5 nitrogen and oxygen atoms in total. The first-order valence-electron chi connectivity index (χ1n) is 8.95. The summed E-state index contributed by atoms with van der Waals surface area (Å²) < 4.78 is 5.16. The molecule has 1 heterocycles. The van der Waals surface area contributed by atoms with Crippen molar-refractivity contribution >= 4 is 29.0 Å². The third kappa shape index (κ3) is 5.24. The molecule has 0 spiro atoms. The van der Waals surface area contributed by atoms with E-state index in [-0.39, 0.29) is 5.91 Å². The van der Waals surface area contributed by atoms with Gasteiger partial charge in [-0.1, -0.05) is 29.8 Å². The number of benzene rings is 2. The van der Waals surface area contributed by atoms with Crippen LogP contribution in [0.2, 0.25) is 5.02 Å². The van der Waals surface area contributed by atoms with Gasteiger partial charge in [-0.3, -0.25) is 4.79 Å². The first-order chi connectivity index (χ1) is 13.5. The maximum absolute atomic E-state index is 12.5. The Balaban J connectivity index is 1.58. The van der Waals surface area contributed by atoms with Gasteiger partial charge in [-0.25, -0.2) is 4.98 Å². The summed E-state index contributed by atoms with van der Waals surface area (Å²) in [6.45, 7) is 2.62. The molecule has 0 aliphatic carbocycles. The molecule has 2 N–H and O–H groups in total. The Kier molecular flexibility index (Phi) is 6.50. The molecule has 0 fully saturated rings. The quantitative estimate of drug-likeness (QED) is 0.593. The summed E-state index contributed by atoms with van der Waals surface area (Å²) >= 11 is 6.11. The Labute approximate surface area is 169 Å². The SMILES string of the molecule is COc1ccc(CCNc2cc(C(=O)Nc3ccc(C)c(Cl)c3)ccn2)cc1. The molecule has 3 aromatic rings. The predicted molar refractivity (Wildman–Crippen MR) is 114 cm³/mol. The highest BCUT2D eigenvalue weighted by Crippen LogP contribution is 2.20. The van der Waals surface area contributed by atoms with Gasteiger partial charge in [0.25, 0.3) is 5.91 Å². The van der Waals surface area contributed by atoms with Crippen LogP contribution in [-0.2, 0) is 6.42 Å². The maximum atomic E-state index is 12.5. The van der Waals surface area contributed by atoms with E-state index in [2.05, 4.69) is 15.6 Å². The van der Waals surface area contributed by atoms with Gasteiger partial charge in [-0.2, -0.15) is 0 Å². The molecule has 0 saturated carbocycles. The average Bonchev–Trinajstić information content (AvgIpc) is 2.71. The van der Waals surface area contributed by atoms with Crippen LogP contribution in [0, 0.1) is 6.92 Å². The highest BCUT2D eigenvalue weighted by Gasteiger charge is 2.08. The Bertz CT molecular complexity index is 958. The fourth-order valence-corrected chi connectivity index (χ4v) is 2.85. The second-order valence-electron chi connectivity index (χ2n) is 6.37. The number of aromatic nitrogens is 1. The minimum atomic E-state index is -0.208. The van der Waals surface area contributed by atoms with Crippen molar-refractivity contribution in [2.45, 2.75) is 13.3 Å². The number of nitrogens with one attached hydrogen (secondary N) is 2. The molecule has 2 aromatic carbocycles. The van der Waals surface area contributed by atoms with Crippen molar-refractivity contribution in [1.82, 2.24) is 4.98 Å². The first kappa shape index (κ1) is 19.7. The average molecular weight is 396 g/mol. The van der Waals surface area contributed by atoms with Crippen molar-refractivity contribution in [2.24, 2.45) is 0 Å². The van der Waals surface area contributed by atoms with Gasteiger partial charge >= 0.3 is 0 Å². The molecule has 0 bridgehead atoms. The minimum Gasteiger partial charge on any atom is -0.497 e. The second kappa shape index (κ2) is 9.24. The highest BCUT2D eigenvalue weighted by atomic mass is 35.5. The molecule has 0 saturated heterocycles. The maximum Gasteiger partial charge on any atom is 0.255 e. The lowest BCUT2D eigenvalue weighted by molar-refractivity contribution is 0.102. The van der Waals surface area contributed by atoms with Crippen LogP contribution in [0.25, 0.3) is 0 Å². The van der Waals surface area contributed by atoms with Crippen LogP contribution in [-0.4, -0.2) is 24.5 Å². The molecule has 0 aliphatic heterocycles. The van der Waals surface area contributed by atoms with Crippen molar-refractivity contribution < 1.29 is 9.53 Å². The van der Waals surface area contributed by atoms with E-state index < -0.39 is 0 Å². The lowest BCUT2D eigenvalue weighted by Gasteiger charge is -2.09. The molecule has 0 aliphatic rings. The fraction of sp³-hybridized carbons (Fsp3) is 0.182. The Morgan fingerprint density at radius 1 is 1.11 bits per heavy atom. The molecule has 3 rings (SSSR count). The van der Waals surface area contributed by atoms with E-state index in [1.165, 1.54) is 5.56 Å². The van der Waals surface area contributed by atoms with Crippen LogP contribution in [0.5, 0.6) is 5.75 Å². The number of carbonyl (C=O) groups excluding carboxylic acids is 1. The number of carbonyl (C=O) groups is 1. The van der Waals surface area contributed by atoms with Crippen molar-refractivity contribution in [3.05, 3.63) is 82.5 Å². The number of ether oxygens (including phenoxy) is 1. The summed E-state index contributed by atoms with van der Waals surface area (Å²) in [7, 11) is 1.65. The summed E-state index contributed by atoms with van der Waals surface area (Å²) in [5.74, 6) is 1.29. The van der Waals surface area contributed by atoms with Crippen LogP contribution >= 0.6 is 11.6 Å². The molecule has 6 heteroatoms. The summed E-state index contributed by atoms with van der Waals surface area (Å²) in [4.78, 5) is 16.8. The van der Waals surface area contributed by atoms with E-state index in [0.29, 0.717) is 28.6 Å². The van der Waals surface area contributed by atoms with Crippen molar-refractivity contribution in [3.63, 3.8) is 0 Å². The van der Waals surface area contributed by atoms with E-state index in [4.69, 9.17) is 16.3 Å². The van der Waals surface area contributed by atoms with Crippen LogP contribution < -0.4 is 15.4 Å². The van der Waals surface area contributed by atoms with Gasteiger partial charge in [0.05, 0.1) is 7.11 Å². The first-order valence-corrected chi connectivity index (χ1v) is 9.33. The van der Waals surface area contributed by atoms with Crippen molar-refractivity contribution in [2.75, 3.05) is 24.3 Å². The van der Waals surface area contributed by atoms with Crippen LogP contribution in [0.3, 0.4) is 0 Å². The zero-order valence-electron chi connectivity index (χ0n) is 15.8. The largest absolute Gasteiger partial charge is 0.497 e. The van der Waals surface area contributed by atoms with E-state index in [9.17, 15) is 4.79 Å². The number of hydrogen-bond acceptors (Lipinski definition) is 4. The van der Waals surface area contributed by atoms with Gasteiger partial charge < -0.3 is 15.4 Å². The number of hydrogen-bond donors (Lipinski definition) is 2. The smallest absolute Gasteiger partial charge is 0.255 e. The Hall–Kier alpha value is -3.05. The van der Waals surface area contributed by atoms with E-state index in [1.807, 2.05) is 43.3 Å². The number of anilines is 2. The monoisotopic (exact) mass is 395 g/mol. The fourth-order valence-electron chi connectivity index (χ4n) is 2.67. The van der Waals surface area contributed by atoms with Gasteiger partial charge in [0.1, 0.15) is 11.6 Å². The predicted octanol–water partition coefficient (Wildman–Crippen LogP) is 4.96. The lowest BCUT2D eigenvalue weighted by Crippen LogP contribution is -2.13. The number of methoxy groups -OCH3 is 1. The summed E-state index contributed by atoms with van der Waals surface area (Å²) in [6.07, 6.45) is 2.46. The van der Waals surface area contributed by atoms with Gasteiger partial charge in [-0.15, -0.1) is 0 Å². The number of aryl methyl sites for hydroxylation is 1. The van der Waals surface area contributed by atoms with Crippen LogP contribution in [0.1, 0.15) is 21.5 Å². The molecule has 0 radical (unpaired) electrons. The lowest BCUT2D eigenvalue weighted by atomic mass is 10.1. The Morgan fingerprint density at radius 2 is 1.89 bits per heavy atom. The Morgan fingerprint density at radius 3 is 2.61 bits per heavy atom. The molecule has 144 valence electrons. The molecule has 1 amide bonds. The normalized spacial score (nSPS) is 10.4. The highest BCUT2D eigenvalue weighted by molar-refractivity contribution is 6.31. The molecular formula is C22H22ClN3O2. The molecular weight excluding hydrogens is 374 g/mol. The number of nitrogens with zero attached hydrogens (tertiary/aromatic N) is 1. The zero-order valence-corrected chi connectivity index (χ0v) is 16.6. The number of amides is 1. The molecule has 1 aromatic heterocycles. The van der Waals surface area contributed by atoms with E-state index in [0.717, 1.165) is 17.7 Å². The molecule has 0 unspecified atom stereocenters. The van der Waals surface area contributed by atoms with Gasteiger partial charge in [-0.05, 0) is 60.9 Å². The topological polar surface area (TPSA) is 63.2 Å². The van der Waals surface area contributed by atoms with Gasteiger partial charge in [0, 0.05) is 29.0 Å². The number of pyridine rings is 1. The molecule has 0 atom stereocenters. The number of halogens is 1. The van der Waals surface area contributed by atoms with Crippen LogP contribution in [0.15, 0.2) is 60.8 Å².